The van der Waals surface area contributed by atoms with Crippen LogP contribution in [0, 0.1) is 11.8 Å². The third kappa shape index (κ3) is 4.29. The molecule has 0 aromatic rings. The molecule has 2 atom stereocenters. The molecule has 1 aliphatic heterocycles. The van der Waals surface area contributed by atoms with E-state index in [2.05, 4.69) is 13.8 Å². The molecule has 0 radical (unpaired) electrons. The van der Waals surface area contributed by atoms with Crippen molar-refractivity contribution in [1.29, 1.82) is 0 Å². The SMILES string of the molecule is CC(C)CCOC1CCN(C(=O)C(C)C(=O)O)C1. The second-order valence-electron chi connectivity index (χ2n) is 5.31. The fourth-order valence-corrected chi connectivity index (χ4v) is 1.91. The van der Waals surface area contributed by atoms with Crippen LogP contribution in [-0.2, 0) is 14.3 Å². The number of ether oxygens (including phenoxy) is 1. The Morgan fingerprint density at radius 2 is 2.06 bits per heavy atom. The van der Waals surface area contributed by atoms with Gasteiger partial charge in [-0.15, -0.1) is 0 Å². The van der Waals surface area contributed by atoms with Crippen LogP contribution >= 0.6 is 0 Å². The van der Waals surface area contributed by atoms with E-state index in [1.54, 1.807) is 4.90 Å². The first-order chi connectivity index (χ1) is 8.41. The molecule has 2 unspecified atom stereocenters. The molecule has 1 rings (SSSR count). The lowest BCUT2D eigenvalue weighted by Gasteiger charge is -2.19. The van der Waals surface area contributed by atoms with Crippen LogP contribution in [0.5, 0.6) is 0 Å². The van der Waals surface area contributed by atoms with Crippen molar-refractivity contribution in [3.8, 4) is 0 Å². The van der Waals surface area contributed by atoms with Gasteiger partial charge < -0.3 is 14.7 Å². The van der Waals surface area contributed by atoms with Gasteiger partial charge in [-0.2, -0.15) is 0 Å². The Balaban J connectivity index is 2.32. The average molecular weight is 257 g/mol. The molecular formula is C13H23NO4. The normalized spacial score (nSPS) is 21.3. The summed E-state index contributed by atoms with van der Waals surface area (Å²) in [5.41, 5.74) is 0. The molecule has 0 aromatic carbocycles. The maximum absolute atomic E-state index is 11.8. The van der Waals surface area contributed by atoms with Crippen molar-refractivity contribution in [2.24, 2.45) is 11.8 Å². The van der Waals surface area contributed by atoms with Crippen LogP contribution in [0.4, 0.5) is 0 Å². The maximum Gasteiger partial charge on any atom is 0.315 e. The maximum atomic E-state index is 11.8. The molecular weight excluding hydrogens is 234 g/mol. The molecule has 1 amide bonds. The van der Waals surface area contributed by atoms with Crippen LogP contribution in [0.1, 0.15) is 33.6 Å². The van der Waals surface area contributed by atoms with Crippen molar-refractivity contribution in [1.82, 2.24) is 4.90 Å². The van der Waals surface area contributed by atoms with Gasteiger partial charge in [0, 0.05) is 19.7 Å². The van der Waals surface area contributed by atoms with E-state index in [0.29, 0.717) is 25.6 Å². The van der Waals surface area contributed by atoms with Crippen LogP contribution in [0.15, 0.2) is 0 Å². The van der Waals surface area contributed by atoms with Crippen molar-refractivity contribution in [3.63, 3.8) is 0 Å². The van der Waals surface area contributed by atoms with Gasteiger partial charge in [0.05, 0.1) is 6.10 Å². The number of carboxylic acids is 1. The highest BCUT2D eigenvalue weighted by molar-refractivity contribution is 5.96. The van der Waals surface area contributed by atoms with E-state index in [0.717, 1.165) is 12.8 Å². The molecule has 0 saturated carbocycles. The van der Waals surface area contributed by atoms with Crippen LogP contribution < -0.4 is 0 Å². The summed E-state index contributed by atoms with van der Waals surface area (Å²) < 4.78 is 5.69. The highest BCUT2D eigenvalue weighted by Gasteiger charge is 2.32. The molecule has 1 aliphatic rings. The summed E-state index contributed by atoms with van der Waals surface area (Å²) in [7, 11) is 0. The van der Waals surface area contributed by atoms with Crippen LogP contribution in [0.2, 0.25) is 0 Å². The number of likely N-dealkylation sites (tertiary alicyclic amines) is 1. The van der Waals surface area contributed by atoms with E-state index in [9.17, 15) is 9.59 Å². The zero-order chi connectivity index (χ0) is 13.7. The Morgan fingerprint density at radius 1 is 1.39 bits per heavy atom. The summed E-state index contributed by atoms with van der Waals surface area (Å²) in [6.07, 6.45) is 1.88. The first kappa shape index (κ1) is 15.0. The Kier molecular flexibility index (Phi) is 5.59. The first-order valence-electron chi connectivity index (χ1n) is 6.55. The van der Waals surface area contributed by atoms with Gasteiger partial charge in [0.2, 0.25) is 5.91 Å². The van der Waals surface area contributed by atoms with Gasteiger partial charge in [0.15, 0.2) is 0 Å². The Labute approximate surface area is 108 Å². The lowest BCUT2D eigenvalue weighted by molar-refractivity contribution is -0.150. The molecule has 0 spiro atoms. The van der Waals surface area contributed by atoms with Gasteiger partial charge in [-0.3, -0.25) is 9.59 Å². The number of carbonyl (C=O) groups excluding carboxylic acids is 1. The average Bonchev–Trinajstić information content (AvgIpc) is 2.75. The van der Waals surface area contributed by atoms with Crippen molar-refractivity contribution >= 4 is 11.9 Å². The minimum Gasteiger partial charge on any atom is -0.481 e. The van der Waals surface area contributed by atoms with Crippen molar-refractivity contribution in [3.05, 3.63) is 0 Å². The Bertz CT molecular complexity index is 303. The van der Waals surface area contributed by atoms with Crippen molar-refractivity contribution < 1.29 is 19.4 Å². The van der Waals surface area contributed by atoms with E-state index in [1.165, 1.54) is 6.92 Å². The van der Waals surface area contributed by atoms with Gasteiger partial charge in [-0.1, -0.05) is 13.8 Å². The molecule has 1 fully saturated rings. The zero-order valence-corrected chi connectivity index (χ0v) is 11.4. The van der Waals surface area contributed by atoms with Gasteiger partial charge in [0.1, 0.15) is 5.92 Å². The Morgan fingerprint density at radius 3 is 2.61 bits per heavy atom. The van der Waals surface area contributed by atoms with Gasteiger partial charge in [-0.05, 0) is 25.7 Å². The number of hydrogen-bond acceptors (Lipinski definition) is 3. The molecule has 104 valence electrons. The van der Waals surface area contributed by atoms with Gasteiger partial charge >= 0.3 is 5.97 Å². The summed E-state index contributed by atoms with van der Waals surface area (Å²) in [6, 6.07) is 0. The minimum absolute atomic E-state index is 0.0636. The standard InChI is InChI=1S/C13H23NO4/c1-9(2)5-7-18-11-4-6-14(8-11)12(15)10(3)13(16)17/h9-11H,4-8H2,1-3H3,(H,16,17). The van der Waals surface area contributed by atoms with Gasteiger partial charge in [0.25, 0.3) is 0 Å². The first-order valence-corrected chi connectivity index (χ1v) is 6.55. The van der Waals surface area contributed by atoms with E-state index in [1.807, 2.05) is 0 Å². The summed E-state index contributed by atoms with van der Waals surface area (Å²) in [5.74, 6) is -1.72. The quantitative estimate of drug-likeness (QED) is 0.730. The molecule has 5 nitrogen and oxygen atoms in total. The summed E-state index contributed by atoms with van der Waals surface area (Å²) >= 11 is 0. The predicted molar refractivity (Wildman–Crippen MR) is 67.2 cm³/mol. The number of aliphatic carboxylic acids is 1. The zero-order valence-electron chi connectivity index (χ0n) is 11.4. The third-order valence-electron chi connectivity index (χ3n) is 3.25. The predicted octanol–water partition coefficient (Wildman–Crippen LogP) is 1.37. The summed E-state index contributed by atoms with van der Waals surface area (Å²) in [6.45, 7) is 7.54. The molecule has 0 aromatic heterocycles. The third-order valence-corrected chi connectivity index (χ3v) is 3.25. The fourth-order valence-electron chi connectivity index (χ4n) is 1.91. The molecule has 1 N–H and O–H groups in total. The minimum atomic E-state index is -1.07. The van der Waals surface area contributed by atoms with Crippen LogP contribution in [0.25, 0.3) is 0 Å². The Hall–Kier alpha value is -1.10. The summed E-state index contributed by atoms with van der Waals surface area (Å²) in [5, 5.41) is 8.80. The molecule has 18 heavy (non-hydrogen) atoms. The monoisotopic (exact) mass is 257 g/mol. The molecule has 1 heterocycles. The fraction of sp³-hybridized carbons (Fsp3) is 0.846. The second-order valence-corrected chi connectivity index (χ2v) is 5.31. The highest BCUT2D eigenvalue weighted by atomic mass is 16.5. The number of carbonyl (C=O) groups is 2. The number of carboxylic acid groups (broad SMARTS) is 1. The number of amides is 1. The van der Waals surface area contributed by atoms with E-state index < -0.39 is 11.9 Å². The number of rotatable bonds is 6. The largest absolute Gasteiger partial charge is 0.481 e. The lowest BCUT2D eigenvalue weighted by Crippen LogP contribution is -2.37. The molecule has 5 heteroatoms. The lowest BCUT2D eigenvalue weighted by atomic mass is 10.1. The molecule has 1 saturated heterocycles. The van der Waals surface area contributed by atoms with Crippen LogP contribution in [-0.4, -0.2) is 47.7 Å². The van der Waals surface area contributed by atoms with Gasteiger partial charge in [-0.25, -0.2) is 0 Å². The van der Waals surface area contributed by atoms with Crippen molar-refractivity contribution in [2.75, 3.05) is 19.7 Å². The second kappa shape index (κ2) is 6.73. The topological polar surface area (TPSA) is 66.8 Å². The molecule has 0 bridgehead atoms. The number of nitrogens with zero attached hydrogens (tertiary/aromatic N) is 1. The van der Waals surface area contributed by atoms with E-state index in [-0.39, 0.29) is 12.0 Å². The highest BCUT2D eigenvalue weighted by Crippen LogP contribution is 2.16. The van der Waals surface area contributed by atoms with E-state index >= 15 is 0 Å². The molecule has 0 aliphatic carbocycles. The smallest absolute Gasteiger partial charge is 0.315 e. The van der Waals surface area contributed by atoms with Crippen molar-refractivity contribution in [2.45, 2.75) is 39.7 Å². The number of hydrogen-bond donors (Lipinski definition) is 1. The van der Waals surface area contributed by atoms with Crippen LogP contribution in [0.3, 0.4) is 0 Å². The summed E-state index contributed by atoms with van der Waals surface area (Å²) in [4.78, 5) is 24.1. The van der Waals surface area contributed by atoms with E-state index in [4.69, 9.17) is 9.84 Å².